The number of rotatable bonds is 1. The van der Waals surface area contributed by atoms with Crippen LogP contribution >= 0.6 is 11.6 Å². The Morgan fingerprint density at radius 2 is 2.00 bits per heavy atom. The lowest BCUT2D eigenvalue weighted by Gasteiger charge is -2.32. The van der Waals surface area contributed by atoms with E-state index < -0.39 is 0 Å². The summed E-state index contributed by atoms with van der Waals surface area (Å²) in [5.74, 6) is 0. The van der Waals surface area contributed by atoms with Crippen molar-refractivity contribution in [1.82, 2.24) is 14.8 Å². The zero-order valence-corrected chi connectivity index (χ0v) is 11.3. The number of fused-ring (bicyclic) bond motifs is 1. The summed E-state index contributed by atoms with van der Waals surface area (Å²) in [5.41, 5.74) is 0.717. The molecule has 1 aliphatic heterocycles. The fourth-order valence-electron chi connectivity index (χ4n) is 2.67. The minimum absolute atomic E-state index is 0.280. The van der Waals surface area contributed by atoms with Gasteiger partial charge in [-0.15, -0.1) is 0 Å². The molecule has 3 heterocycles. The monoisotopic (exact) mass is 265 g/mol. The number of nitrogens with zero attached hydrogens (tertiary/aromatic N) is 3. The normalized spacial score (nSPS) is 28.7. The minimum Gasteiger partial charge on any atom is -0.375 e. The summed E-state index contributed by atoms with van der Waals surface area (Å²) in [5, 5.41) is 6.05. The second kappa shape index (κ2) is 4.52. The zero-order valence-electron chi connectivity index (χ0n) is 10.5. The highest BCUT2D eigenvalue weighted by molar-refractivity contribution is 6.29. The minimum atomic E-state index is 0.280. The third-order valence-electron chi connectivity index (χ3n) is 3.40. The highest BCUT2D eigenvalue weighted by atomic mass is 35.5. The molecular weight excluding hydrogens is 250 g/mol. The lowest BCUT2D eigenvalue weighted by molar-refractivity contribution is -0.0505. The predicted octanol–water partition coefficient (Wildman–Crippen LogP) is 3.21. The average Bonchev–Trinajstić information content (AvgIpc) is 2.70. The second-order valence-electron chi connectivity index (χ2n) is 5.04. The summed E-state index contributed by atoms with van der Waals surface area (Å²) < 4.78 is 7.77. The molecule has 0 spiro atoms. The van der Waals surface area contributed by atoms with E-state index in [1.807, 2.05) is 16.9 Å². The molecule has 1 aliphatic rings. The largest absolute Gasteiger partial charge is 0.375 e. The van der Waals surface area contributed by atoms with Crippen LogP contribution in [-0.4, -0.2) is 27.0 Å². The van der Waals surface area contributed by atoms with Gasteiger partial charge in [-0.25, -0.2) is 4.98 Å². The summed E-state index contributed by atoms with van der Waals surface area (Å²) in [4.78, 5) is 4.23. The lowest BCUT2D eigenvalue weighted by atomic mass is 10.0. The average molecular weight is 266 g/mol. The quantitative estimate of drug-likeness (QED) is 0.744. The van der Waals surface area contributed by atoms with Crippen LogP contribution in [0.3, 0.4) is 0 Å². The maximum atomic E-state index is 5.88. The maximum Gasteiger partial charge on any atom is 0.182 e. The van der Waals surface area contributed by atoms with Crippen LogP contribution in [-0.2, 0) is 4.74 Å². The van der Waals surface area contributed by atoms with Crippen LogP contribution in [0.2, 0.25) is 5.15 Å². The molecule has 3 atom stereocenters. The first kappa shape index (κ1) is 11.9. The number of pyridine rings is 1. The molecule has 4 nitrogen and oxygen atoms in total. The Hall–Kier alpha value is -1.13. The van der Waals surface area contributed by atoms with E-state index in [2.05, 4.69) is 23.9 Å². The maximum absolute atomic E-state index is 5.88. The Labute approximate surface area is 111 Å². The third kappa shape index (κ3) is 2.22. The lowest BCUT2D eigenvalue weighted by Crippen LogP contribution is -2.31. The van der Waals surface area contributed by atoms with Gasteiger partial charge in [0.05, 0.1) is 18.2 Å². The van der Waals surface area contributed by atoms with Gasteiger partial charge in [0.2, 0.25) is 0 Å². The molecule has 3 rings (SSSR count). The van der Waals surface area contributed by atoms with Crippen molar-refractivity contribution in [2.45, 2.75) is 44.9 Å². The van der Waals surface area contributed by atoms with Gasteiger partial charge in [-0.3, -0.25) is 4.68 Å². The first-order valence-corrected chi connectivity index (χ1v) is 6.66. The zero-order chi connectivity index (χ0) is 12.7. The molecular formula is C13H16ClN3O. The molecule has 2 aromatic rings. The van der Waals surface area contributed by atoms with Crippen molar-refractivity contribution in [3.05, 3.63) is 23.5 Å². The smallest absolute Gasteiger partial charge is 0.182 e. The van der Waals surface area contributed by atoms with Crippen LogP contribution in [0.1, 0.15) is 32.7 Å². The second-order valence-corrected chi connectivity index (χ2v) is 5.43. The highest BCUT2D eigenvalue weighted by Gasteiger charge is 2.26. The fraction of sp³-hybridized carbons (Fsp3) is 0.538. The molecule has 18 heavy (non-hydrogen) atoms. The van der Waals surface area contributed by atoms with Gasteiger partial charge in [-0.05, 0) is 38.8 Å². The van der Waals surface area contributed by atoms with Crippen LogP contribution in [0.4, 0.5) is 0 Å². The Balaban J connectivity index is 1.93. The molecule has 0 N–H and O–H groups in total. The first-order valence-electron chi connectivity index (χ1n) is 6.28. The van der Waals surface area contributed by atoms with Gasteiger partial charge in [0, 0.05) is 11.6 Å². The number of hydrogen-bond donors (Lipinski definition) is 0. The number of halogens is 1. The topological polar surface area (TPSA) is 39.9 Å². The van der Waals surface area contributed by atoms with Crippen molar-refractivity contribution >= 4 is 22.6 Å². The van der Waals surface area contributed by atoms with E-state index in [-0.39, 0.29) is 12.2 Å². The molecule has 1 unspecified atom stereocenters. The van der Waals surface area contributed by atoms with E-state index in [9.17, 15) is 0 Å². The van der Waals surface area contributed by atoms with Crippen LogP contribution in [0.15, 0.2) is 18.3 Å². The summed E-state index contributed by atoms with van der Waals surface area (Å²) in [6.07, 6.45) is 4.59. The Morgan fingerprint density at radius 1 is 1.28 bits per heavy atom. The van der Waals surface area contributed by atoms with E-state index in [0.29, 0.717) is 16.8 Å². The molecule has 0 radical (unpaired) electrons. The van der Waals surface area contributed by atoms with E-state index in [1.165, 1.54) is 0 Å². The Bertz CT molecular complexity index is 558. The molecule has 5 heteroatoms. The number of hydrogen-bond acceptors (Lipinski definition) is 3. The molecule has 1 saturated heterocycles. The first-order chi connectivity index (χ1) is 8.61. The SMILES string of the molecule is C[C@@H]1CC(n2cc3ccc(Cl)nc3n2)C[C@H](C)O1. The van der Waals surface area contributed by atoms with E-state index in [0.717, 1.165) is 18.2 Å². The van der Waals surface area contributed by atoms with Gasteiger partial charge in [-0.1, -0.05) is 11.6 Å². The highest BCUT2D eigenvalue weighted by Crippen LogP contribution is 2.29. The summed E-state index contributed by atoms with van der Waals surface area (Å²) in [6.45, 7) is 4.22. The van der Waals surface area contributed by atoms with Gasteiger partial charge in [-0.2, -0.15) is 5.10 Å². The van der Waals surface area contributed by atoms with Crippen molar-refractivity contribution in [3.8, 4) is 0 Å². The molecule has 0 bridgehead atoms. The van der Waals surface area contributed by atoms with E-state index in [4.69, 9.17) is 16.3 Å². The van der Waals surface area contributed by atoms with Gasteiger partial charge in [0.15, 0.2) is 5.65 Å². The predicted molar refractivity (Wildman–Crippen MR) is 70.8 cm³/mol. The standard InChI is InChI=1S/C13H16ClN3O/c1-8-5-11(6-9(2)18-8)17-7-10-3-4-12(14)15-13(10)16-17/h3-4,7-9,11H,5-6H2,1-2H3/t8-,9+,11?. The van der Waals surface area contributed by atoms with Crippen LogP contribution in [0.25, 0.3) is 11.0 Å². The molecule has 0 aliphatic carbocycles. The van der Waals surface area contributed by atoms with Gasteiger partial charge >= 0.3 is 0 Å². The Morgan fingerprint density at radius 3 is 2.72 bits per heavy atom. The summed E-state index contributed by atoms with van der Waals surface area (Å²) >= 11 is 5.88. The van der Waals surface area contributed by atoms with Crippen LogP contribution in [0.5, 0.6) is 0 Å². The molecule has 1 fully saturated rings. The number of ether oxygens (including phenoxy) is 1. The van der Waals surface area contributed by atoms with E-state index in [1.54, 1.807) is 6.07 Å². The molecule has 0 saturated carbocycles. The molecule has 96 valence electrons. The van der Waals surface area contributed by atoms with Crippen molar-refractivity contribution in [1.29, 1.82) is 0 Å². The van der Waals surface area contributed by atoms with Gasteiger partial charge < -0.3 is 4.74 Å². The Kier molecular flexibility index (Phi) is 2.99. The van der Waals surface area contributed by atoms with E-state index >= 15 is 0 Å². The summed E-state index contributed by atoms with van der Waals surface area (Å²) in [6, 6.07) is 4.14. The van der Waals surface area contributed by atoms with Gasteiger partial charge in [0.1, 0.15) is 5.15 Å². The molecule has 0 amide bonds. The number of aromatic nitrogens is 3. The van der Waals surface area contributed by atoms with Crippen LogP contribution < -0.4 is 0 Å². The van der Waals surface area contributed by atoms with Crippen LogP contribution in [0, 0.1) is 0 Å². The molecule has 2 aromatic heterocycles. The van der Waals surface area contributed by atoms with Gasteiger partial charge in [0.25, 0.3) is 0 Å². The summed E-state index contributed by atoms with van der Waals surface area (Å²) in [7, 11) is 0. The molecule has 0 aromatic carbocycles. The van der Waals surface area contributed by atoms with Crippen molar-refractivity contribution in [2.75, 3.05) is 0 Å². The van der Waals surface area contributed by atoms with Crippen molar-refractivity contribution in [3.63, 3.8) is 0 Å². The van der Waals surface area contributed by atoms with Crippen molar-refractivity contribution < 1.29 is 4.74 Å². The fourth-order valence-corrected chi connectivity index (χ4v) is 2.81. The van der Waals surface area contributed by atoms with Crippen molar-refractivity contribution in [2.24, 2.45) is 0 Å². The third-order valence-corrected chi connectivity index (χ3v) is 3.61.